The predicted molar refractivity (Wildman–Crippen MR) is 54.7 cm³/mol. The first-order valence-electron chi connectivity index (χ1n) is 4.55. The SMILES string of the molecule is CN(C)C.CN1CCN(C=O)CC1. The lowest BCUT2D eigenvalue weighted by atomic mass is 10.4. The zero-order chi connectivity index (χ0) is 10.3. The Kier molecular flexibility index (Phi) is 6.54. The number of hydrogen-bond donors (Lipinski definition) is 0. The van der Waals surface area contributed by atoms with Crippen molar-refractivity contribution in [3.63, 3.8) is 0 Å². The standard InChI is InChI=1S/C6H12N2O.C3H9N/c1-7-2-4-8(6-9)5-3-7;1-4(2)3/h6H,2-5H2,1H3;1-3H3. The molecular formula is C9H21N3O. The molecule has 0 aromatic heterocycles. The molecule has 4 nitrogen and oxygen atoms in total. The van der Waals surface area contributed by atoms with Crippen LogP contribution in [0, 0.1) is 0 Å². The zero-order valence-electron chi connectivity index (χ0n) is 9.16. The molecule has 0 aliphatic carbocycles. The molecule has 0 N–H and O–H groups in total. The van der Waals surface area contributed by atoms with Gasteiger partial charge in [-0.15, -0.1) is 0 Å². The van der Waals surface area contributed by atoms with Crippen LogP contribution >= 0.6 is 0 Å². The van der Waals surface area contributed by atoms with Gasteiger partial charge in [-0.3, -0.25) is 4.79 Å². The van der Waals surface area contributed by atoms with E-state index in [1.54, 1.807) is 4.90 Å². The van der Waals surface area contributed by atoms with E-state index < -0.39 is 0 Å². The van der Waals surface area contributed by atoms with Crippen molar-refractivity contribution in [3.8, 4) is 0 Å². The summed E-state index contributed by atoms with van der Waals surface area (Å²) < 4.78 is 0. The molecule has 0 aromatic rings. The second-order valence-corrected chi connectivity index (χ2v) is 3.79. The van der Waals surface area contributed by atoms with Gasteiger partial charge in [0.15, 0.2) is 0 Å². The lowest BCUT2D eigenvalue weighted by Crippen LogP contribution is -2.43. The second-order valence-electron chi connectivity index (χ2n) is 3.79. The van der Waals surface area contributed by atoms with Gasteiger partial charge in [0, 0.05) is 26.2 Å². The van der Waals surface area contributed by atoms with E-state index in [0.29, 0.717) is 0 Å². The van der Waals surface area contributed by atoms with E-state index in [1.165, 1.54) is 0 Å². The Morgan fingerprint density at radius 3 is 1.77 bits per heavy atom. The maximum atomic E-state index is 10.2. The molecule has 1 saturated heterocycles. The van der Waals surface area contributed by atoms with Gasteiger partial charge in [0.2, 0.25) is 6.41 Å². The summed E-state index contributed by atoms with van der Waals surface area (Å²) in [5, 5.41) is 0. The number of piperazine rings is 1. The lowest BCUT2D eigenvalue weighted by Gasteiger charge is -2.29. The zero-order valence-corrected chi connectivity index (χ0v) is 9.16. The normalized spacial score (nSPS) is 18.1. The number of amides is 1. The van der Waals surface area contributed by atoms with Gasteiger partial charge in [-0.25, -0.2) is 0 Å². The molecule has 0 radical (unpaired) electrons. The Labute approximate surface area is 81.1 Å². The summed E-state index contributed by atoms with van der Waals surface area (Å²) in [4.78, 5) is 16.2. The van der Waals surface area contributed by atoms with E-state index in [2.05, 4.69) is 11.9 Å². The van der Waals surface area contributed by atoms with Crippen LogP contribution in [0.2, 0.25) is 0 Å². The van der Waals surface area contributed by atoms with Crippen LogP contribution in [0.1, 0.15) is 0 Å². The molecule has 4 heteroatoms. The average Bonchev–Trinajstić information content (AvgIpc) is 2.05. The summed E-state index contributed by atoms with van der Waals surface area (Å²) in [6.07, 6.45) is 0.924. The third-order valence-corrected chi connectivity index (χ3v) is 1.69. The molecule has 1 amide bonds. The molecule has 0 aromatic carbocycles. The van der Waals surface area contributed by atoms with Gasteiger partial charge in [-0.2, -0.15) is 0 Å². The maximum Gasteiger partial charge on any atom is 0.209 e. The summed E-state index contributed by atoms with van der Waals surface area (Å²) in [6.45, 7) is 3.80. The first kappa shape index (κ1) is 12.4. The Morgan fingerprint density at radius 2 is 1.46 bits per heavy atom. The van der Waals surface area contributed by atoms with Crippen LogP contribution in [0.5, 0.6) is 0 Å². The fraction of sp³-hybridized carbons (Fsp3) is 0.889. The van der Waals surface area contributed by atoms with Gasteiger partial charge < -0.3 is 14.7 Å². The van der Waals surface area contributed by atoms with Crippen LogP contribution in [0.4, 0.5) is 0 Å². The number of hydrogen-bond acceptors (Lipinski definition) is 3. The minimum absolute atomic E-state index is 0.889. The van der Waals surface area contributed by atoms with Crippen LogP contribution in [-0.4, -0.2) is 75.5 Å². The molecule has 0 atom stereocenters. The van der Waals surface area contributed by atoms with Crippen LogP contribution in [0.15, 0.2) is 0 Å². The monoisotopic (exact) mass is 187 g/mol. The Balaban J connectivity index is 0.000000310. The topological polar surface area (TPSA) is 26.8 Å². The molecule has 1 rings (SSSR count). The van der Waals surface area contributed by atoms with Crippen molar-refractivity contribution in [1.82, 2.24) is 14.7 Å². The fourth-order valence-electron chi connectivity index (χ4n) is 0.927. The maximum absolute atomic E-state index is 10.2. The Morgan fingerprint density at radius 1 is 1.08 bits per heavy atom. The Hall–Kier alpha value is -0.610. The highest BCUT2D eigenvalue weighted by Gasteiger charge is 2.10. The van der Waals surface area contributed by atoms with Crippen LogP contribution in [-0.2, 0) is 4.79 Å². The second kappa shape index (κ2) is 6.86. The van der Waals surface area contributed by atoms with Crippen LogP contribution < -0.4 is 0 Å². The highest BCUT2D eigenvalue weighted by atomic mass is 16.1. The van der Waals surface area contributed by atoms with Gasteiger partial charge in [0.1, 0.15) is 0 Å². The van der Waals surface area contributed by atoms with E-state index in [-0.39, 0.29) is 0 Å². The fourth-order valence-corrected chi connectivity index (χ4v) is 0.927. The molecular weight excluding hydrogens is 166 g/mol. The van der Waals surface area contributed by atoms with Crippen molar-refractivity contribution in [2.24, 2.45) is 0 Å². The lowest BCUT2D eigenvalue weighted by molar-refractivity contribution is -0.119. The van der Waals surface area contributed by atoms with Crippen LogP contribution in [0.3, 0.4) is 0 Å². The first-order valence-corrected chi connectivity index (χ1v) is 4.55. The molecule has 0 bridgehead atoms. The minimum atomic E-state index is 0.889. The van der Waals surface area contributed by atoms with E-state index >= 15 is 0 Å². The Bertz CT molecular complexity index is 128. The van der Waals surface area contributed by atoms with Gasteiger partial charge in [0.25, 0.3) is 0 Å². The first-order chi connectivity index (χ1) is 6.06. The number of likely N-dealkylation sites (N-methyl/N-ethyl adjacent to an activating group) is 1. The van der Waals surface area contributed by atoms with Gasteiger partial charge in [-0.1, -0.05) is 0 Å². The molecule has 1 fully saturated rings. The van der Waals surface area contributed by atoms with E-state index in [0.717, 1.165) is 32.6 Å². The van der Waals surface area contributed by atoms with Gasteiger partial charge in [0.05, 0.1) is 0 Å². The molecule has 0 unspecified atom stereocenters. The third-order valence-electron chi connectivity index (χ3n) is 1.69. The molecule has 1 aliphatic heterocycles. The summed E-state index contributed by atoms with van der Waals surface area (Å²) in [6, 6.07) is 0. The third kappa shape index (κ3) is 7.74. The summed E-state index contributed by atoms with van der Waals surface area (Å²) in [5.74, 6) is 0. The molecule has 1 aliphatic rings. The highest BCUT2D eigenvalue weighted by molar-refractivity contribution is 5.47. The predicted octanol–water partition coefficient (Wildman–Crippen LogP) is -0.432. The van der Waals surface area contributed by atoms with Crippen molar-refractivity contribution in [2.45, 2.75) is 0 Å². The van der Waals surface area contributed by atoms with Crippen molar-refractivity contribution in [1.29, 1.82) is 0 Å². The molecule has 78 valence electrons. The van der Waals surface area contributed by atoms with E-state index in [4.69, 9.17) is 0 Å². The van der Waals surface area contributed by atoms with Crippen molar-refractivity contribution in [2.75, 3.05) is 54.4 Å². The number of nitrogens with zero attached hydrogens (tertiary/aromatic N) is 3. The van der Waals surface area contributed by atoms with Crippen LogP contribution in [0.25, 0.3) is 0 Å². The average molecular weight is 187 g/mol. The largest absolute Gasteiger partial charge is 0.343 e. The molecule has 0 saturated carbocycles. The van der Waals surface area contributed by atoms with Crippen molar-refractivity contribution in [3.05, 3.63) is 0 Å². The van der Waals surface area contributed by atoms with E-state index in [1.807, 2.05) is 26.0 Å². The molecule has 1 heterocycles. The van der Waals surface area contributed by atoms with E-state index in [9.17, 15) is 4.79 Å². The summed E-state index contributed by atoms with van der Waals surface area (Å²) in [5.41, 5.74) is 0. The van der Waals surface area contributed by atoms with Crippen molar-refractivity contribution < 1.29 is 4.79 Å². The van der Waals surface area contributed by atoms with Gasteiger partial charge in [-0.05, 0) is 28.2 Å². The number of rotatable bonds is 1. The van der Waals surface area contributed by atoms with Gasteiger partial charge >= 0.3 is 0 Å². The summed E-state index contributed by atoms with van der Waals surface area (Å²) >= 11 is 0. The number of carbonyl (C=O) groups is 1. The minimum Gasteiger partial charge on any atom is -0.343 e. The molecule has 13 heavy (non-hydrogen) atoms. The smallest absolute Gasteiger partial charge is 0.209 e. The highest BCUT2D eigenvalue weighted by Crippen LogP contribution is 1.94. The van der Waals surface area contributed by atoms with Crippen molar-refractivity contribution >= 4 is 6.41 Å². The summed E-state index contributed by atoms with van der Waals surface area (Å²) in [7, 11) is 8.07. The quantitative estimate of drug-likeness (QED) is 0.521. The number of carbonyl (C=O) groups excluding carboxylic acids is 1. The molecule has 0 spiro atoms.